The molecule has 0 saturated heterocycles. The fraction of sp³-hybridized carbons (Fsp3) is 0.400. The summed E-state index contributed by atoms with van der Waals surface area (Å²) in [5.41, 5.74) is 2.93. The van der Waals surface area contributed by atoms with Crippen LogP contribution in [-0.4, -0.2) is 39.3 Å². The van der Waals surface area contributed by atoms with Gasteiger partial charge in [0.2, 0.25) is 5.83 Å². The lowest BCUT2D eigenvalue weighted by atomic mass is 10.1. The number of hydrogen-bond donors (Lipinski definition) is 1. The molecule has 0 bridgehead atoms. The number of para-hydroxylation sites is 1. The van der Waals surface area contributed by atoms with Gasteiger partial charge in [0, 0.05) is 32.4 Å². The van der Waals surface area contributed by atoms with Gasteiger partial charge in [-0.25, -0.2) is 4.79 Å². The van der Waals surface area contributed by atoms with E-state index < -0.39 is 11.8 Å². The Labute approximate surface area is 199 Å². The lowest BCUT2D eigenvalue weighted by Crippen LogP contribution is -2.34. The molecule has 0 fully saturated rings. The van der Waals surface area contributed by atoms with Crippen molar-refractivity contribution in [3.63, 3.8) is 0 Å². The van der Waals surface area contributed by atoms with E-state index in [1.807, 2.05) is 49.3 Å². The molecule has 1 aliphatic heterocycles. The maximum Gasteiger partial charge on any atom is 0.370 e. The zero-order chi connectivity index (χ0) is 23.8. The number of nitrogens with one attached hydrogen (secondary N) is 1. The Morgan fingerprint density at radius 3 is 2.70 bits per heavy atom. The summed E-state index contributed by atoms with van der Waals surface area (Å²) in [4.78, 5) is 16.8. The number of carbonyl (C=O) groups excluding carboxylic acids is 1. The van der Waals surface area contributed by atoms with Gasteiger partial charge in [-0.3, -0.25) is 4.72 Å². The predicted octanol–water partition coefficient (Wildman–Crippen LogP) is 5.81. The van der Waals surface area contributed by atoms with E-state index in [4.69, 9.17) is 9.47 Å². The number of unbranched alkanes of at least 4 members (excludes halogenated alkanes) is 1. The first kappa shape index (κ1) is 24.9. The molecule has 1 atom stereocenters. The van der Waals surface area contributed by atoms with Crippen molar-refractivity contribution in [1.29, 1.82) is 0 Å². The van der Waals surface area contributed by atoms with E-state index in [-0.39, 0.29) is 6.61 Å². The summed E-state index contributed by atoms with van der Waals surface area (Å²) >= 11 is 1.55. The number of halogens is 1. The van der Waals surface area contributed by atoms with Crippen molar-refractivity contribution in [3.8, 4) is 5.75 Å². The van der Waals surface area contributed by atoms with Gasteiger partial charge >= 0.3 is 5.97 Å². The van der Waals surface area contributed by atoms with Crippen LogP contribution in [0.3, 0.4) is 0 Å². The van der Waals surface area contributed by atoms with Crippen molar-refractivity contribution in [1.82, 2.24) is 4.72 Å². The lowest BCUT2D eigenvalue weighted by Gasteiger charge is -2.29. The SMILES string of the molecule is CCCC[C@H]1CN(c2ccccc2)c2cc(N(C)C)c(O/C=C(\F)C(=O)OCC)cc2SN1. The Kier molecular flexibility index (Phi) is 9.03. The summed E-state index contributed by atoms with van der Waals surface area (Å²) in [5, 5.41) is 0. The normalized spacial score (nSPS) is 16.1. The highest BCUT2D eigenvalue weighted by atomic mass is 32.2. The Balaban J connectivity index is 2.01. The predicted molar refractivity (Wildman–Crippen MR) is 133 cm³/mol. The van der Waals surface area contributed by atoms with E-state index in [9.17, 15) is 9.18 Å². The van der Waals surface area contributed by atoms with Crippen molar-refractivity contribution in [2.75, 3.05) is 37.0 Å². The van der Waals surface area contributed by atoms with Gasteiger partial charge in [0.1, 0.15) is 6.26 Å². The highest BCUT2D eigenvalue weighted by Crippen LogP contribution is 2.43. The molecular formula is C25H32FN3O3S. The van der Waals surface area contributed by atoms with Gasteiger partial charge in [0.05, 0.1) is 22.9 Å². The Morgan fingerprint density at radius 2 is 2.03 bits per heavy atom. The van der Waals surface area contributed by atoms with Crippen LogP contribution >= 0.6 is 11.9 Å². The Bertz CT molecular complexity index is 969. The van der Waals surface area contributed by atoms with Gasteiger partial charge in [-0.2, -0.15) is 4.39 Å². The van der Waals surface area contributed by atoms with Gasteiger partial charge < -0.3 is 19.3 Å². The largest absolute Gasteiger partial charge is 0.461 e. The quantitative estimate of drug-likeness (QED) is 0.213. The molecule has 1 N–H and O–H groups in total. The van der Waals surface area contributed by atoms with E-state index >= 15 is 0 Å². The van der Waals surface area contributed by atoms with Crippen molar-refractivity contribution in [3.05, 3.63) is 54.6 Å². The van der Waals surface area contributed by atoms with Crippen molar-refractivity contribution < 1.29 is 18.7 Å². The number of rotatable bonds is 9. The van der Waals surface area contributed by atoms with E-state index in [2.05, 4.69) is 28.7 Å². The molecule has 2 aromatic carbocycles. The maximum atomic E-state index is 14.1. The minimum atomic E-state index is -1.08. The van der Waals surface area contributed by atoms with Gasteiger partial charge in [-0.15, -0.1) is 0 Å². The van der Waals surface area contributed by atoms with E-state index in [1.54, 1.807) is 18.9 Å². The summed E-state index contributed by atoms with van der Waals surface area (Å²) < 4.78 is 28.0. The number of esters is 1. The monoisotopic (exact) mass is 473 g/mol. The van der Waals surface area contributed by atoms with Crippen LogP contribution in [0.1, 0.15) is 33.1 Å². The Hall–Kier alpha value is -2.71. The summed E-state index contributed by atoms with van der Waals surface area (Å²) in [6.45, 7) is 4.75. The lowest BCUT2D eigenvalue weighted by molar-refractivity contribution is -0.140. The van der Waals surface area contributed by atoms with Gasteiger partial charge in [-0.1, -0.05) is 38.0 Å². The first-order chi connectivity index (χ1) is 15.9. The molecule has 0 radical (unpaired) electrons. The molecule has 0 saturated carbocycles. The molecule has 0 aromatic heterocycles. The van der Waals surface area contributed by atoms with Crippen molar-refractivity contribution in [2.45, 2.75) is 44.0 Å². The second-order valence-electron chi connectivity index (χ2n) is 7.99. The molecule has 178 valence electrons. The number of hydrogen-bond acceptors (Lipinski definition) is 7. The minimum absolute atomic E-state index is 0.0959. The minimum Gasteiger partial charge on any atom is -0.461 e. The zero-order valence-corrected chi connectivity index (χ0v) is 20.5. The molecule has 0 spiro atoms. The van der Waals surface area contributed by atoms with Crippen LogP contribution < -0.4 is 19.3 Å². The molecular weight excluding hydrogens is 441 g/mol. The van der Waals surface area contributed by atoms with Crippen LogP contribution in [-0.2, 0) is 9.53 Å². The molecule has 2 aromatic rings. The van der Waals surface area contributed by atoms with Crippen LogP contribution in [0.5, 0.6) is 5.75 Å². The van der Waals surface area contributed by atoms with Gasteiger partial charge in [0.15, 0.2) is 5.75 Å². The fourth-order valence-corrected chi connectivity index (χ4v) is 4.52. The molecule has 1 heterocycles. The van der Waals surface area contributed by atoms with Crippen LogP contribution in [0.2, 0.25) is 0 Å². The van der Waals surface area contributed by atoms with Gasteiger partial charge in [0.25, 0.3) is 0 Å². The standard InChI is InChI=1S/C25H32FN3O3S/c1-5-7-11-18-16-29(19-12-9-8-10-13-19)22-14-21(28(3)4)23(15-24(22)33-27-18)32-17-20(26)25(30)31-6-2/h8-10,12-15,17-18,27H,5-7,11,16H2,1-4H3/b20-17-/t18-/m0/s1. The van der Waals surface area contributed by atoms with E-state index in [0.29, 0.717) is 11.8 Å². The maximum absolute atomic E-state index is 14.1. The zero-order valence-electron chi connectivity index (χ0n) is 19.6. The smallest absolute Gasteiger partial charge is 0.370 e. The third-order valence-electron chi connectivity index (χ3n) is 5.29. The van der Waals surface area contributed by atoms with Crippen molar-refractivity contribution >= 4 is 35.0 Å². The molecule has 6 nitrogen and oxygen atoms in total. The molecule has 0 aliphatic carbocycles. The summed E-state index contributed by atoms with van der Waals surface area (Å²) in [6, 6.07) is 14.5. The highest BCUT2D eigenvalue weighted by Gasteiger charge is 2.26. The molecule has 8 heteroatoms. The van der Waals surface area contributed by atoms with Crippen LogP contribution in [0.4, 0.5) is 21.5 Å². The number of benzene rings is 2. The van der Waals surface area contributed by atoms with Crippen LogP contribution in [0, 0.1) is 0 Å². The van der Waals surface area contributed by atoms with E-state index in [1.165, 1.54) is 0 Å². The molecule has 33 heavy (non-hydrogen) atoms. The summed E-state index contributed by atoms with van der Waals surface area (Å²) in [5.74, 6) is -1.66. The number of carbonyl (C=O) groups is 1. The number of nitrogens with zero attached hydrogens (tertiary/aromatic N) is 2. The average molecular weight is 474 g/mol. The molecule has 0 unspecified atom stereocenters. The first-order valence-electron chi connectivity index (χ1n) is 11.2. The summed E-state index contributed by atoms with van der Waals surface area (Å²) in [7, 11) is 3.80. The summed E-state index contributed by atoms with van der Waals surface area (Å²) in [6.07, 6.45) is 4.16. The highest BCUT2D eigenvalue weighted by molar-refractivity contribution is 7.97. The molecule has 3 rings (SSSR count). The van der Waals surface area contributed by atoms with E-state index in [0.717, 1.165) is 54.0 Å². The second kappa shape index (κ2) is 12.0. The fourth-order valence-electron chi connectivity index (χ4n) is 3.59. The first-order valence-corrected chi connectivity index (χ1v) is 12.1. The van der Waals surface area contributed by atoms with Crippen LogP contribution in [0.25, 0.3) is 0 Å². The Morgan fingerprint density at radius 1 is 1.27 bits per heavy atom. The average Bonchev–Trinajstić information content (AvgIpc) is 3.00. The second-order valence-corrected chi connectivity index (χ2v) is 8.87. The molecule has 0 amide bonds. The van der Waals surface area contributed by atoms with Crippen molar-refractivity contribution in [2.24, 2.45) is 0 Å². The topological polar surface area (TPSA) is 54.0 Å². The van der Waals surface area contributed by atoms with Crippen LogP contribution in [0.15, 0.2) is 59.4 Å². The molecule has 1 aliphatic rings. The third-order valence-corrected chi connectivity index (χ3v) is 6.28. The third kappa shape index (κ3) is 6.42. The number of fused-ring (bicyclic) bond motifs is 1. The van der Waals surface area contributed by atoms with Gasteiger partial charge in [-0.05, 0) is 49.6 Å². The number of anilines is 3. The number of ether oxygens (including phenoxy) is 2.